The molecular formula is C15H25BrN4O. The number of rotatable bonds is 6. The van der Waals surface area contributed by atoms with Gasteiger partial charge in [-0.25, -0.2) is 4.68 Å². The van der Waals surface area contributed by atoms with Gasteiger partial charge in [0, 0.05) is 25.7 Å². The topological polar surface area (TPSA) is 59.0 Å². The molecule has 1 aromatic rings. The van der Waals surface area contributed by atoms with Crippen molar-refractivity contribution in [3.05, 3.63) is 21.0 Å². The van der Waals surface area contributed by atoms with Crippen LogP contribution < -0.4 is 16.2 Å². The molecule has 0 unspecified atom stereocenters. The molecule has 2 N–H and O–H groups in total. The van der Waals surface area contributed by atoms with E-state index in [4.69, 9.17) is 0 Å². The van der Waals surface area contributed by atoms with Crippen molar-refractivity contribution in [3.63, 3.8) is 0 Å². The number of nitrogens with one attached hydrogen (secondary N) is 2. The quantitative estimate of drug-likeness (QED) is 0.607. The van der Waals surface area contributed by atoms with Gasteiger partial charge in [-0.3, -0.25) is 4.79 Å². The molecule has 0 saturated heterocycles. The highest BCUT2D eigenvalue weighted by molar-refractivity contribution is 9.10. The standard InChI is InChI=1S/C15H25BrN4O/c1-2-20-15(21)14(16)13(11-19-20)18-10-9-17-12-7-5-3-4-6-8-12/h11-12,17-18H,2-10H2,1H3. The van der Waals surface area contributed by atoms with Crippen LogP contribution in [0.5, 0.6) is 0 Å². The van der Waals surface area contributed by atoms with Gasteiger partial charge in [-0.1, -0.05) is 25.7 Å². The molecule has 1 saturated carbocycles. The highest BCUT2D eigenvalue weighted by Gasteiger charge is 2.11. The second kappa shape index (κ2) is 8.54. The van der Waals surface area contributed by atoms with Crippen molar-refractivity contribution in [3.8, 4) is 0 Å². The van der Waals surface area contributed by atoms with E-state index in [1.165, 1.54) is 43.2 Å². The second-order valence-corrected chi connectivity index (χ2v) is 6.36. The Morgan fingerprint density at radius 3 is 2.67 bits per heavy atom. The lowest BCUT2D eigenvalue weighted by atomic mass is 10.1. The summed E-state index contributed by atoms with van der Waals surface area (Å²) >= 11 is 3.35. The van der Waals surface area contributed by atoms with Crippen LogP contribution in [0.15, 0.2) is 15.5 Å². The zero-order valence-electron chi connectivity index (χ0n) is 12.7. The molecule has 2 rings (SSSR count). The molecular weight excluding hydrogens is 332 g/mol. The van der Waals surface area contributed by atoms with Crippen LogP contribution in [0.4, 0.5) is 5.69 Å². The van der Waals surface area contributed by atoms with Gasteiger partial charge in [0.1, 0.15) is 4.47 Å². The molecule has 0 spiro atoms. The molecule has 0 aromatic carbocycles. The van der Waals surface area contributed by atoms with Gasteiger partial charge in [0.05, 0.1) is 11.9 Å². The van der Waals surface area contributed by atoms with Crippen molar-refractivity contribution in [2.24, 2.45) is 0 Å². The number of hydrogen-bond donors (Lipinski definition) is 2. The van der Waals surface area contributed by atoms with E-state index in [1.54, 1.807) is 6.20 Å². The highest BCUT2D eigenvalue weighted by Crippen LogP contribution is 2.17. The van der Waals surface area contributed by atoms with E-state index in [0.717, 1.165) is 18.8 Å². The van der Waals surface area contributed by atoms with Gasteiger partial charge >= 0.3 is 0 Å². The Kier molecular flexibility index (Phi) is 6.70. The molecule has 5 nitrogen and oxygen atoms in total. The molecule has 1 aliphatic rings. The average Bonchev–Trinajstić information content (AvgIpc) is 2.76. The van der Waals surface area contributed by atoms with E-state index in [9.17, 15) is 4.79 Å². The molecule has 0 aliphatic heterocycles. The van der Waals surface area contributed by atoms with Crippen LogP contribution in [-0.4, -0.2) is 28.9 Å². The molecule has 118 valence electrons. The van der Waals surface area contributed by atoms with Crippen LogP contribution in [0.25, 0.3) is 0 Å². The van der Waals surface area contributed by atoms with E-state index in [2.05, 4.69) is 31.7 Å². The summed E-state index contributed by atoms with van der Waals surface area (Å²) < 4.78 is 2.01. The molecule has 1 aliphatic carbocycles. The third kappa shape index (κ3) is 4.81. The summed E-state index contributed by atoms with van der Waals surface area (Å²) in [7, 11) is 0. The number of anilines is 1. The second-order valence-electron chi connectivity index (χ2n) is 5.56. The maximum atomic E-state index is 11.9. The van der Waals surface area contributed by atoms with Gasteiger partial charge in [-0.2, -0.15) is 5.10 Å². The first kappa shape index (κ1) is 16.5. The summed E-state index contributed by atoms with van der Waals surface area (Å²) in [4.78, 5) is 11.9. The summed E-state index contributed by atoms with van der Waals surface area (Å²) in [6.45, 7) is 4.20. The highest BCUT2D eigenvalue weighted by atomic mass is 79.9. The first-order chi connectivity index (χ1) is 10.2. The maximum Gasteiger partial charge on any atom is 0.283 e. The van der Waals surface area contributed by atoms with Crippen molar-refractivity contribution in [2.45, 2.75) is 58.0 Å². The lowest BCUT2D eigenvalue weighted by Gasteiger charge is -2.17. The van der Waals surface area contributed by atoms with Crippen molar-refractivity contribution in [2.75, 3.05) is 18.4 Å². The van der Waals surface area contributed by atoms with Gasteiger partial charge in [0.15, 0.2) is 0 Å². The van der Waals surface area contributed by atoms with Crippen LogP contribution in [0.1, 0.15) is 45.4 Å². The normalized spacial score (nSPS) is 16.7. The Bertz CT molecular complexity index is 495. The summed E-state index contributed by atoms with van der Waals surface area (Å²) in [6, 6.07) is 0.656. The maximum absolute atomic E-state index is 11.9. The predicted molar refractivity (Wildman–Crippen MR) is 89.9 cm³/mol. The zero-order chi connectivity index (χ0) is 15.1. The number of halogens is 1. The fraction of sp³-hybridized carbons (Fsp3) is 0.733. The lowest BCUT2D eigenvalue weighted by Crippen LogP contribution is -2.33. The minimum atomic E-state index is -0.0840. The molecule has 0 atom stereocenters. The first-order valence-corrected chi connectivity index (χ1v) is 8.74. The predicted octanol–water partition coefficient (Wildman–Crippen LogP) is 2.75. The van der Waals surface area contributed by atoms with Gasteiger partial charge in [-0.15, -0.1) is 0 Å². The van der Waals surface area contributed by atoms with Crippen LogP contribution in [0.2, 0.25) is 0 Å². The van der Waals surface area contributed by atoms with Gasteiger partial charge < -0.3 is 10.6 Å². The molecule has 1 heterocycles. The van der Waals surface area contributed by atoms with E-state index >= 15 is 0 Å². The third-order valence-corrected chi connectivity index (χ3v) is 4.78. The Morgan fingerprint density at radius 1 is 1.29 bits per heavy atom. The fourth-order valence-electron chi connectivity index (χ4n) is 2.77. The SMILES string of the molecule is CCn1ncc(NCCNC2CCCCCC2)c(Br)c1=O. The number of nitrogens with zero attached hydrogens (tertiary/aromatic N) is 2. The average molecular weight is 357 g/mol. The largest absolute Gasteiger partial charge is 0.381 e. The number of aryl methyl sites for hydroxylation is 1. The fourth-order valence-corrected chi connectivity index (χ4v) is 3.22. The van der Waals surface area contributed by atoms with E-state index in [0.29, 0.717) is 17.1 Å². The zero-order valence-corrected chi connectivity index (χ0v) is 14.3. The van der Waals surface area contributed by atoms with Crippen LogP contribution in [0, 0.1) is 0 Å². The van der Waals surface area contributed by atoms with Crippen LogP contribution >= 0.6 is 15.9 Å². The van der Waals surface area contributed by atoms with E-state index < -0.39 is 0 Å². The van der Waals surface area contributed by atoms with Crippen LogP contribution in [-0.2, 0) is 6.54 Å². The summed E-state index contributed by atoms with van der Waals surface area (Å²) in [5.41, 5.74) is 0.687. The third-order valence-electron chi connectivity index (χ3n) is 4.01. The molecule has 0 amide bonds. The minimum Gasteiger partial charge on any atom is -0.381 e. The Balaban J connectivity index is 1.78. The van der Waals surface area contributed by atoms with Crippen molar-refractivity contribution in [1.29, 1.82) is 0 Å². The van der Waals surface area contributed by atoms with E-state index in [-0.39, 0.29) is 5.56 Å². The number of aromatic nitrogens is 2. The Morgan fingerprint density at radius 2 is 2.00 bits per heavy atom. The van der Waals surface area contributed by atoms with E-state index in [1.807, 2.05) is 6.92 Å². The van der Waals surface area contributed by atoms with Crippen molar-refractivity contribution >= 4 is 21.6 Å². The van der Waals surface area contributed by atoms with Gasteiger partial charge in [-0.05, 0) is 35.7 Å². The van der Waals surface area contributed by atoms with Crippen molar-refractivity contribution in [1.82, 2.24) is 15.1 Å². The molecule has 1 fully saturated rings. The summed E-state index contributed by atoms with van der Waals surface area (Å²) in [5, 5.41) is 11.0. The van der Waals surface area contributed by atoms with Gasteiger partial charge in [0.25, 0.3) is 5.56 Å². The molecule has 0 radical (unpaired) electrons. The summed E-state index contributed by atoms with van der Waals surface area (Å²) in [6.07, 6.45) is 9.73. The summed E-state index contributed by atoms with van der Waals surface area (Å²) in [5.74, 6) is 0. The lowest BCUT2D eigenvalue weighted by molar-refractivity contribution is 0.468. The van der Waals surface area contributed by atoms with Crippen molar-refractivity contribution < 1.29 is 0 Å². The molecule has 21 heavy (non-hydrogen) atoms. The molecule has 6 heteroatoms. The van der Waals surface area contributed by atoms with Gasteiger partial charge in [0.2, 0.25) is 0 Å². The smallest absolute Gasteiger partial charge is 0.283 e. The van der Waals surface area contributed by atoms with Crippen LogP contribution in [0.3, 0.4) is 0 Å². The Hall–Kier alpha value is -0.880. The minimum absolute atomic E-state index is 0.0840. The molecule has 1 aromatic heterocycles. The first-order valence-electron chi connectivity index (χ1n) is 7.95. The number of hydrogen-bond acceptors (Lipinski definition) is 4. The molecule has 0 bridgehead atoms. The Labute approximate surface area is 134 Å². The monoisotopic (exact) mass is 356 g/mol.